The number of anilines is 1. The second-order valence-corrected chi connectivity index (χ2v) is 8.76. The Bertz CT molecular complexity index is 1150. The summed E-state index contributed by atoms with van der Waals surface area (Å²) in [5.41, 5.74) is 2.51. The molecule has 2 aromatic carbocycles. The van der Waals surface area contributed by atoms with Crippen molar-refractivity contribution in [3.05, 3.63) is 70.3 Å². The van der Waals surface area contributed by atoms with Crippen LogP contribution in [-0.4, -0.2) is 40.7 Å². The number of amides is 2. The predicted octanol–water partition coefficient (Wildman–Crippen LogP) is 5.56. The Morgan fingerprint density at radius 1 is 1.12 bits per heavy atom. The molecule has 0 saturated heterocycles. The normalized spacial score (nSPS) is 12.2. The third kappa shape index (κ3) is 5.65. The van der Waals surface area contributed by atoms with Crippen LogP contribution in [-0.2, 0) is 11.3 Å². The van der Waals surface area contributed by atoms with E-state index < -0.39 is 0 Å². The largest absolute Gasteiger partial charge is 0.383 e. The van der Waals surface area contributed by atoms with Crippen LogP contribution in [0.15, 0.2) is 53.3 Å². The highest BCUT2D eigenvalue weighted by molar-refractivity contribution is 5.89. The van der Waals surface area contributed by atoms with Gasteiger partial charge in [0.15, 0.2) is 0 Å². The number of carbonyl (C=O) groups is 1. The van der Waals surface area contributed by atoms with Crippen LogP contribution in [0, 0.1) is 0 Å². The average Bonchev–Trinajstić information content (AvgIpc) is 2.84. The Hall–Kier alpha value is -3.19. The summed E-state index contributed by atoms with van der Waals surface area (Å²) in [7, 11) is 1.61. The highest BCUT2D eigenvalue weighted by Gasteiger charge is 2.28. The van der Waals surface area contributed by atoms with E-state index >= 15 is 0 Å². The molecule has 1 N–H and O–H groups in total. The second kappa shape index (κ2) is 11.8. The van der Waals surface area contributed by atoms with E-state index in [1.807, 2.05) is 56.3 Å². The molecule has 34 heavy (non-hydrogen) atoms. The molecule has 0 spiro atoms. The van der Waals surface area contributed by atoms with Gasteiger partial charge in [-0.2, -0.15) is 0 Å². The van der Waals surface area contributed by atoms with Gasteiger partial charge in [-0.15, -0.1) is 0 Å². The summed E-state index contributed by atoms with van der Waals surface area (Å²) in [6, 6.07) is 14.6. The molecule has 0 radical (unpaired) electrons. The maximum absolute atomic E-state index is 13.5. The molecular weight excluding hydrogens is 428 g/mol. The van der Waals surface area contributed by atoms with Gasteiger partial charge in [-0.1, -0.05) is 52.0 Å². The average molecular weight is 465 g/mol. The number of ether oxygens (including phenoxy) is 1. The van der Waals surface area contributed by atoms with Crippen LogP contribution < -0.4 is 10.9 Å². The molecule has 0 aliphatic rings. The summed E-state index contributed by atoms with van der Waals surface area (Å²) < 4.78 is 7.03. The van der Waals surface area contributed by atoms with E-state index in [1.54, 1.807) is 22.6 Å². The zero-order valence-corrected chi connectivity index (χ0v) is 20.9. The molecule has 0 saturated carbocycles. The lowest BCUT2D eigenvalue weighted by atomic mass is 10.0. The number of aromatic nitrogens is 2. The number of nitrogens with zero attached hydrogens (tertiary/aromatic N) is 3. The lowest BCUT2D eigenvalue weighted by Gasteiger charge is -2.32. The smallest absolute Gasteiger partial charge is 0.322 e. The number of methoxy groups -OCH3 is 1. The van der Waals surface area contributed by atoms with Crippen LogP contribution in [0.2, 0.25) is 0 Å². The number of para-hydroxylation sites is 1. The number of nitrogens with one attached hydrogen (secondary N) is 1. The van der Waals surface area contributed by atoms with Crippen LogP contribution in [0.5, 0.6) is 0 Å². The highest BCUT2D eigenvalue weighted by Crippen LogP contribution is 2.25. The molecule has 0 fully saturated rings. The van der Waals surface area contributed by atoms with Gasteiger partial charge in [0.05, 0.1) is 23.6 Å². The number of carbonyl (C=O) groups excluding carboxylic acids is 1. The SMILES string of the molecule is CCCn1c(C(CC)N(CCOC)C(=O)Nc2ccc(C(C)C)cc2)nc2ccccc2c1=O. The van der Waals surface area contributed by atoms with Crippen molar-refractivity contribution in [2.24, 2.45) is 0 Å². The zero-order chi connectivity index (χ0) is 24.7. The quantitative estimate of drug-likeness (QED) is 0.426. The number of hydrogen-bond donors (Lipinski definition) is 1. The van der Waals surface area contributed by atoms with E-state index in [-0.39, 0.29) is 17.6 Å². The van der Waals surface area contributed by atoms with Crippen molar-refractivity contribution in [1.82, 2.24) is 14.5 Å². The summed E-state index contributed by atoms with van der Waals surface area (Å²) >= 11 is 0. The van der Waals surface area contributed by atoms with Crippen molar-refractivity contribution in [2.75, 3.05) is 25.6 Å². The fourth-order valence-electron chi connectivity index (χ4n) is 4.16. The number of hydrogen-bond acceptors (Lipinski definition) is 4. The van der Waals surface area contributed by atoms with Gasteiger partial charge in [0.2, 0.25) is 0 Å². The first-order valence-electron chi connectivity index (χ1n) is 12.1. The number of urea groups is 1. The molecule has 1 aromatic heterocycles. The molecule has 0 bridgehead atoms. The molecule has 3 rings (SSSR count). The van der Waals surface area contributed by atoms with Crippen molar-refractivity contribution in [3.8, 4) is 0 Å². The van der Waals surface area contributed by atoms with E-state index in [4.69, 9.17) is 9.72 Å². The van der Waals surface area contributed by atoms with Gasteiger partial charge in [0.25, 0.3) is 5.56 Å². The van der Waals surface area contributed by atoms with Crippen LogP contribution in [0.25, 0.3) is 10.9 Å². The van der Waals surface area contributed by atoms with Gasteiger partial charge in [-0.25, -0.2) is 9.78 Å². The van der Waals surface area contributed by atoms with E-state index in [0.29, 0.717) is 48.8 Å². The first-order chi connectivity index (χ1) is 16.4. The minimum Gasteiger partial charge on any atom is -0.383 e. The number of rotatable bonds is 10. The summed E-state index contributed by atoms with van der Waals surface area (Å²) in [5, 5.41) is 3.61. The summed E-state index contributed by atoms with van der Waals surface area (Å²) in [6.07, 6.45) is 1.40. The molecule has 7 nitrogen and oxygen atoms in total. The maximum atomic E-state index is 13.5. The van der Waals surface area contributed by atoms with Gasteiger partial charge in [-0.05, 0) is 48.6 Å². The summed E-state index contributed by atoms with van der Waals surface area (Å²) in [4.78, 5) is 33.4. The first-order valence-corrected chi connectivity index (χ1v) is 12.1. The van der Waals surface area contributed by atoms with Gasteiger partial charge < -0.3 is 15.0 Å². The van der Waals surface area contributed by atoms with Crippen molar-refractivity contribution >= 4 is 22.6 Å². The Labute approximate surface area is 201 Å². The molecule has 0 aliphatic carbocycles. The second-order valence-electron chi connectivity index (χ2n) is 8.76. The Kier molecular flexibility index (Phi) is 8.82. The van der Waals surface area contributed by atoms with Gasteiger partial charge in [0.1, 0.15) is 5.82 Å². The van der Waals surface area contributed by atoms with E-state index in [2.05, 4.69) is 19.2 Å². The van der Waals surface area contributed by atoms with Gasteiger partial charge >= 0.3 is 6.03 Å². The molecule has 2 amide bonds. The molecule has 182 valence electrons. The standard InChI is InChI=1S/C27H36N4O3/c1-6-16-31-25(29-23-11-9-8-10-22(23)26(31)32)24(7-2)30(17-18-34-5)27(33)28-21-14-12-20(13-15-21)19(3)4/h8-15,19,24H,6-7,16-18H2,1-5H3,(H,28,33). The minimum atomic E-state index is -0.381. The van der Waals surface area contributed by atoms with E-state index in [9.17, 15) is 9.59 Å². The molecule has 3 aromatic rings. The fourth-order valence-corrected chi connectivity index (χ4v) is 4.16. The predicted molar refractivity (Wildman–Crippen MR) is 137 cm³/mol. The summed E-state index contributed by atoms with van der Waals surface area (Å²) in [5.74, 6) is 1.02. The van der Waals surface area contributed by atoms with Crippen molar-refractivity contribution in [3.63, 3.8) is 0 Å². The Morgan fingerprint density at radius 3 is 2.44 bits per heavy atom. The zero-order valence-electron chi connectivity index (χ0n) is 20.9. The molecule has 0 aliphatic heterocycles. The molecule has 7 heteroatoms. The van der Waals surface area contributed by atoms with E-state index in [0.717, 1.165) is 12.1 Å². The van der Waals surface area contributed by atoms with Crippen molar-refractivity contribution in [2.45, 2.75) is 59.0 Å². The van der Waals surface area contributed by atoms with Crippen LogP contribution >= 0.6 is 0 Å². The third-order valence-corrected chi connectivity index (χ3v) is 6.03. The third-order valence-electron chi connectivity index (χ3n) is 6.03. The number of benzene rings is 2. The fraction of sp³-hybridized carbons (Fsp3) is 0.444. The van der Waals surface area contributed by atoms with Crippen LogP contribution in [0.1, 0.15) is 63.9 Å². The monoisotopic (exact) mass is 464 g/mol. The lowest BCUT2D eigenvalue weighted by Crippen LogP contribution is -2.42. The van der Waals surface area contributed by atoms with Crippen molar-refractivity contribution in [1.29, 1.82) is 0 Å². The van der Waals surface area contributed by atoms with Crippen molar-refractivity contribution < 1.29 is 9.53 Å². The minimum absolute atomic E-state index is 0.0720. The first kappa shape index (κ1) is 25.4. The molecular formula is C27H36N4O3. The van der Waals surface area contributed by atoms with E-state index in [1.165, 1.54) is 5.56 Å². The molecule has 1 atom stereocenters. The maximum Gasteiger partial charge on any atom is 0.322 e. The van der Waals surface area contributed by atoms with Gasteiger partial charge in [0, 0.05) is 25.9 Å². The topological polar surface area (TPSA) is 76.5 Å². The summed E-state index contributed by atoms with van der Waals surface area (Å²) in [6.45, 7) is 9.60. The molecule has 1 heterocycles. The highest BCUT2D eigenvalue weighted by atomic mass is 16.5. The van der Waals surface area contributed by atoms with Gasteiger partial charge in [-0.3, -0.25) is 9.36 Å². The lowest BCUT2D eigenvalue weighted by molar-refractivity contribution is 0.130. The Balaban J connectivity index is 2.01. The number of fused-ring (bicyclic) bond motifs is 1. The van der Waals surface area contributed by atoms with Crippen LogP contribution in [0.4, 0.5) is 10.5 Å². The molecule has 1 unspecified atom stereocenters. The Morgan fingerprint density at radius 2 is 1.82 bits per heavy atom. The van der Waals surface area contributed by atoms with Crippen LogP contribution in [0.3, 0.4) is 0 Å².